The molecule has 2 aromatic rings. The van der Waals surface area contributed by atoms with Crippen molar-refractivity contribution in [2.45, 2.75) is 51.0 Å². The number of piperidine rings is 1. The van der Waals surface area contributed by atoms with Crippen LogP contribution in [0.1, 0.15) is 55.8 Å². The molecule has 2 amide bonds. The first kappa shape index (κ1) is 17.8. The van der Waals surface area contributed by atoms with Gasteiger partial charge in [0.15, 0.2) is 5.82 Å². The molecule has 0 radical (unpaired) electrons. The van der Waals surface area contributed by atoms with Crippen molar-refractivity contribution in [2.24, 2.45) is 0 Å². The lowest BCUT2D eigenvalue weighted by atomic mass is 9.97. The number of benzene rings is 1. The molecule has 1 aromatic carbocycles. The summed E-state index contributed by atoms with van der Waals surface area (Å²) in [6.45, 7) is 6.00. The Hall–Kier alpha value is -2.57. The van der Waals surface area contributed by atoms with Gasteiger partial charge >= 0.3 is 6.03 Å². The van der Waals surface area contributed by atoms with E-state index in [0.29, 0.717) is 25.6 Å². The number of ether oxygens (including phenoxy) is 1. The van der Waals surface area contributed by atoms with Gasteiger partial charge in [-0.25, -0.2) is 4.79 Å². The fourth-order valence-electron chi connectivity index (χ4n) is 3.66. The Kier molecular flexibility index (Phi) is 5.01. The van der Waals surface area contributed by atoms with E-state index in [0.717, 1.165) is 36.4 Å². The van der Waals surface area contributed by atoms with Gasteiger partial charge in [0.05, 0.1) is 6.04 Å². The molecule has 0 bridgehead atoms. The summed E-state index contributed by atoms with van der Waals surface area (Å²) >= 11 is 0. The zero-order valence-corrected chi connectivity index (χ0v) is 15.9. The zero-order chi connectivity index (χ0) is 18.8. The second-order valence-corrected chi connectivity index (χ2v) is 7.68. The molecule has 1 saturated heterocycles. The molecule has 27 heavy (non-hydrogen) atoms. The van der Waals surface area contributed by atoms with Gasteiger partial charge in [0, 0.05) is 24.9 Å². The van der Waals surface area contributed by atoms with Crippen LogP contribution in [0, 0.1) is 0 Å². The van der Waals surface area contributed by atoms with Crippen LogP contribution in [-0.2, 0) is 6.42 Å². The molecule has 1 N–H and O–H groups in total. The van der Waals surface area contributed by atoms with E-state index in [9.17, 15) is 4.79 Å². The fourth-order valence-corrected chi connectivity index (χ4v) is 3.66. The predicted octanol–water partition coefficient (Wildman–Crippen LogP) is 3.09. The molecule has 1 atom stereocenters. The molecule has 1 fully saturated rings. The molecule has 1 aromatic heterocycles. The van der Waals surface area contributed by atoms with Crippen molar-refractivity contribution < 1.29 is 14.1 Å². The molecule has 144 valence electrons. The molecule has 1 unspecified atom stereocenters. The van der Waals surface area contributed by atoms with Gasteiger partial charge < -0.3 is 19.5 Å². The molecule has 4 rings (SSSR count). The van der Waals surface area contributed by atoms with Crippen molar-refractivity contribution in [1.82, 2.24) is 20.4 Å². The largest absolute Gasteiger partial charge is 0.491 e. The van der Waals surface area contributed by atoms with E-state index in [-0.39, 0.29) is 23.9 Å². The number of urea groups is 1. The van der Waals surface area contributed by atoms with Crippen molar-refractivity contribution in [3.05, 3.63) is 41.5 Å². The summed E-state index contributed by atoms with van der Waals surface area (Å²) in [6, 6.07) is 7.98. The van der Waals surface area contributed by atoms with E-state index >= 15 is 0 Å². The van der Waals surface area contributed by atoms with Crippen LogP contribution in [0.2, 0.25) is 0 Å². The van der Waals surface area contributed by atoms with Gasteiger partial charge in [-0.1, -0.05) is 37.2 Å². The number of amides is 2. The molecule has 7 heteroatoms. The van der Waals surface area contributed by atoms with Gasteiger partial charge in [0.2, 0.25) is 5.89 Å². The van der Waals surface area contributed by atoms with Crippen LogP contribution in [0.15, 0.2) is 28.8 Å². The number of nitrogens with one attached hydrogen (secondary N) is 1. The van der Waals surface area contributed by atoms with Crippen LogP contribution in [0.5, 0.6) is 5.75 Å². The SMILES string of the molecule is CC(C)c1noc(C2CCN(C(=O)NC3COc4ccccc4C3)CC2)n1. The van der Waals surface area contributed by atoms with Gasteiger partial charge in [-0.05, 0) is 30.9 Å². The van der Waals surface area contributed by atoms with Crippen LogP contribution < -0.4 is 10.1 Å². The van der Waals surface area contributed by atoms with Crippen molar-refractivity contribution in [3.8, 4) is 5.75 Å². The van der Waals surface area contributed by atoms with E-state index < -0.39 is 0 Å². The zero-order valence-electron chi connectivity index (χ0n) is 15.9. The molecule has 2 aliphatic rings. The summed E-state index contributed by atoms with van der Waals surface area (Å²) in [5.41, 5.74) is 1.14. The number of carbonyl (C=O) groups excluding carboxylic acids is 1. The normalized spacial score (nSPS) is 20.3. The number of hydrogen-bond donors (Lipinski definition) is 1. The predicted molar refractivity (Wildman–Crippen MR) is 99.9 cm³/mol. The second-order valence-electron chi connectivity index (χ2n) is 7.68. The van der Waals surface area contributed by atoms with Gasteiger partial charge in [0.1, 0.15) is 12.4 Å². The van der Waals surface area contributed by atoms with Crippen LogP contribution in [0.4, 0.5) is 4.79 Å². The summed E-state index contributed by atoms with van der Waals surface area (Å²) in [7, 11) is 0. The summed E-state index contributed by atoms with van der Waals surface area (Å²) in [5, 5.41) is 7.16. The molecule has 3 heterocycles. The minimum absolute atomic E-state index is 0.00895. The van der Waals surface area contributed by atoms with Crippen molar-refractivity contribution >= 4 is 6.03 Å². The number of para-hydroxylation sites is 1. The first-order chi connectivity index (χ1) is 13.1. The Bertz CT molecular complexity index is 796. The van der Waals surface area contributed by atoms with Crippen LogP contribution in [0.25, 0.3) is 0 Å². The Morgan fingerprint density at radius 3 is 2.78 bits per heavy atom. The number of carbonyl (C=O) groups is 1. The number of aromatic nitrogens is 2. The first-order valence-corrected chi connectivity index (χ1v) is 9.70. The number of nitrogens with zero attached hydrogens (tertiary/aromatic N) is 3. The van der Waals surface area contributed by atoms with E-state index in [1.165, 1.54) is 0 Å². The molecule has 0 aliphatic carbocycles. The first-order valence-electron chi connectivity index (χ1n) is 9.70. The number of likely N-dealkylation sites (tertiary alicyclic amines) is 1. The summed E-state index contributed by atoms with van der Waals surface area (Å²) in [5.74, 6) is 2.87. The molecule has 0 saturated carbocycles. The Morgan fingerprint density at radius 1 is 1.26 bits per heavy atom. The molecule has 2 aliphatic heterocycles. The fraction of sp³-hybridized carbons (Fsp3) is 0.550. The van der Waals surface area contributed by atoms with E-state index in [1.54, 1.807) is 0 Å². The quantitative estimate of drug-likeness (QED) is 0.898. The summed E-state index contributed by atoms with van der Waals surface area (Å²) in [4.78, 5) is 19.0. The number of hydrogen-bond acceptors (Lipinski definition) is 5. The Labute approximate surface area is 159 Å². The Morgan fingerprint density at radius 2 is 2.04 bits per heavy atom. The van der Waals surface area contributed by atoms with E-state index in [4.69, 9.17) is 9.26 Å². The van der Waals surface area contributed by atoms with Gasteiger partial charge in [0.25, 0.3) is 0 Å². The third-order valence-corrected chi connectivity index (χ3v) is 5.31. The molecular weight excluding hydrogens is 344 g/mol. The van der Waals surface area contributed by atoms with Crippen LogP contribution >= 0.6 is 0 Å². The average molecular weight is 370 g/mol. The second kappa shape index (κ2) is 7.58. The minimum Gasteiger partial charge on any atom is -0.491 e. The average Bonchev–Trinajstić information content (AvgIpc) is 3.18. The summed E-state index contributed by atoms with van der Waals surface area (Å²) in [6.07, 6.45) is 2.49. The maximum Gasteiger partial charge on any atom is 0.317 e. The smallest absolute Gasteiger partial charge is 0.317 e. The lowest BCUT2D eigenvalue weighted by molar-refractivity contribution is 0.163. The maximum absolute atomic E-state index is 12.6. The van der Waals surface area contributed by atoms with Crippen LogP contribution in [-0.4, -0.2) is 46.8 Å². The van der Waals surface area contributed by atoms with Crippen LogP contribution in [0.3, 0.4) is 0 Å². The highest BCUT2D eigenvalue weighted by atomic mass is 16.5. The maximum atomic E-state index is 12.6. The topological polar surface area (TPSA) is 80.5 Å². The minimum atomic E-state index is -0.0187. The van der Waals surface area contributed by atoms with Crippen molar-refractivity contribution in [3.63, 3.8) is 0 Å². The third kappa shape index (κ3) is 3.91. The van der Waals surface area contributed by atoms with Crippen molar-refractivity contribution in [1.29, 1.82) is 0 Å². The molecule has 7 nitrogen and oxygen atoms in total. The highest BCUT2D eigenvalue weighted by molar-refractivity contribution is 5.74. The van der Waals surface area contributed by atoms with Gasteiger partial charge in [-0.2, -0.15) is 4.98 Å². The highest BCUT2D eigenvalue weighted by Gasteiger charge is 2.29. The Balaban J connectivity index is 1.29. The van der Waals surface area contributed by atoms with E-state index in [1.807, 2.05) is 23.1 Å². The van der Waals surface area contributed by atoms with Crippen molar-refractivity contribution in [2.75, 3.05) is 19.7 Å². The standard InChI is InChI=1S/C20H26N4O3/c1-13(2)18-22-19(27-23-18)14-7-9-24(10-8-14)20(25)21-16-11-15-5-3-4-6-17(15)26-12-16/h3-6,13-14,16H,7-12H2,1-2H3,(H,21,25). The molecular formula is C20H26N4O3. The lowest BCUT2D eigenvalue weighted by Gasteiger charge is -2.33. The third-order valence-electron chi connectivity index (χ3n) is 5.31. The van der Waals surface area contributed by atoms with E-state index in [2.05, 4.69) is 35.4 Å². The number of fused-ring (bicyclic) bond motifs is 1. The monoisotopic (exact) mass is 370 g/mol. The summed E-state index contributed by atoms with van der Waals surface area (Å²) < 4.78 is 11.2. The highest BCUT2D eigenvalue weighted by Crippen LogP contribution is 2.28. The van der Waals surface area contributed by atoms with Gasteiger partial charge in [-0.15, -0.1) is 0 Å². The van der Waals surface area contributed by atoms with Gasteiger partial charge in [-0.3, -0.25) is 0 Å². The lowest BCUT2D eigenvalue weighted by Crippen LogP contribution is -2.50. The number of rotatable bonds is 3. The molecule has 0 spiro atoms.